The molecule has 0 radical (unpaired) electrons. The normalized spacial score (nSPS) is 16.2. The molecule has 0 atom stereocenters. The van der Waals surface area contributed by atoms with E-state index >= 15 is 0 Å². The number of aromatic nitrogens is 3. The highest BCUT2D eigenvalue weighted by Gasteiger charge is 2.33. The summed E-state index contributed by atoms with van der Waals surface area (Å²) in [5, 5.41) is 20.4. The van der Waals surface area contributed by atoms with Crippen molar-refractivity contribution in [3.63, 3.8) is 0 Å². The molecule has 1 amide bonds. The van der Waals surface area contributed by atoms with E-state index in [9.17, 15) is 18.7 Å². The van der Waals surface area contributed by atoms with E-state index in [-0.39, 0.29) is 25.3 Å². The van der Waals surface area contributed by atoms with Crippen LogP contribution >= 0.6 is 0 Å². The van der Waals surface area contributed by atoms with Gasteiger partial charge >= 0.3 is 0 Å². The van der Waals surface area contributed by atoms with Gasteiger partial charge in [-0.1, -0.05) is 18.2 Å². The van der Waals surface area contributed by atoms with Gasteiger partial charge in [0.2, 0.25) is 11.8 Å². The highest BCUT2D eigenvalue weighted by Crippen LogP contribution is 2.32. The number of amides is 1. The molecule has 1 aliphatic heterocycles. The number of benzene rings is 2. The van der Waals surface area contributed by atoms with Gasteiger partial charge < -0.3 is 15.3 Å². The number of carbonyl (C=O) groups excluding carboxylic acids is 1. The summed E-state index contributed by atoms with van der Waals surface area (Å²) in [6.45, 7) is 0.517. The first-order valence-corrected chi connectivity index (χ1v) is 10.4. The first-order valence-electron chi connectivity index (χ1n) is 10.4. The zero-order chi connectivity index (χ0) is 22.3. The van der Waals surface area contributed by atoms with Crippen LogP contribution in [0.4, 0.5) is 20.3 Å². The highest BCUT2D eigenvalue weighted by atomic mass is 19.3. The van der Waals surface area contributed by atoms with Gasteiger partial charge in [0.25, 0.3) is 5.91 Å². The molecule has 4 aromatic rings. The maximum Gasteiger partial charge on any atom is 0.259 e. The van der Waals surface area contributed by atoms with Crippen LogP contribution in [0.1, 0.15) is 29.6 Å². The molecule has 0 unspecified atom stereocenters. The molecule has 9 heteroatoms. The van der Waals surface area contributed by atoms with Crippen LogP contribution in [-0.2, 0) is 0 Å². The lowest BCUT2D eigenvalue weighted by Crippen LogP contribution is -2.29. The van der Waals surface area contributed by atoms with E-state index in [0.717, 1.165) is 5.39 Å². The Morgan fingerprint density at radius 2 is 1.97 bits per heavy atom. The first kappa shape index (κ1) is 20.2. The van der Waals surface area contributed by atoms with Gasteiger partial charge in [0.15, 0.2) is 0 Å². The van der Waals surface area contributed by atoms with Crippen LogP contribution in [0.25, 0.3) is 21.8 Å². The fourth-order valence-corrected chi connectivity index (χ4v) is 4.07. The topological polar surface area (TPSA) is 94.1 Å². The van der Waals surface area contributed by atoms with E-state index < -0.39 is 11.8 Å². The van der Waals surface area contributed by atoms with Crippen LogP contribution in [-0.4, -0.2) is 45.2 Å². The van der Waals surface area contributed by atoms with Gasteiger partial charge in [0.05, 0.1) is 22.0 Å². The van der Waals surface area contributed by atoms with Gasteiger partial charge in [-0.25, -0.2) is 13.8 Å². The Morgan fingerprint density at radius 3 is 2.84 bits per heavy atom. The number of pyridine rings is 1. The Balaban J connectivity index is 1.52. The van der Waals surface area contributed by atoms with Crippen molar-refractivity contribution < 1.29 is 18.7 Å². The van der Waals surface area contributed by atoms with Crippen LogP contribution in [0.3, 0.4) is 0 Å². The number of nitrogens with zero attached hydrogens (tertiary/aromatic N) is 3. The minimum Gasteiger partial charge on any atom is -0.492 e. The summed E-state index contributed by atoms with van der Waals surface area (Å²) in [5.41, 5.74) is 2.12. The molecule has 2 aromatic heterocycles. The average molecular weight is 437 g/mol. The molecule has 3 heterocycles. The standard InChI is InChI=1S/C23H21F2N5O2/c24-23(25)8-3-10-30(11-9-23)20-17(12-14-4-1-2-5-18(14)27-20)21(31)26-15-6-7-19-16(13-15)22(32)29-28-19/h1-2,4-7,12-13H,3,8-11H2,(H,26,31)(H2,28,29,32). The van der Waals surface area contributed by atoms with Crippen LogP contribution in [0.5, 0.6) is 5.88 Å². The third kappa shape index (κ3) is 3.81. The smallest absolute Gasteiger partial charge is 0.259 e. The van der Waals surface area contributed by atoms with Crippen LogP contribution in [0.15, 0.2) is 48.5 Å². The summed E-state index contributed by atoms with van der Waals surface area (Å²) in [6.07, 6.45) is -0.134. The van der Waals surface area contributed by atoms with E-state index in [1.807, 2.05) is 24.3 Å². The van der Waals surface area contributed by atoms with Gasteiger partial charge in [0, 0.05) is 37.0 Å². The highest BCUT2D eigenvalue weighted by molar-refractivity contribution is 6.10. The number of fused-ring (bicyclic) bond motifs is 2. The zero-order valence-electron chi connectivity index (χ0n) is 17.1. The van der Waals surface area contributed by atoms with Crippen LogP contribution < -0.4 is 10.2 Å². The van der Waals surface area contributed by atoms with Gasteiger partial charge in [-0.15, -0.1) is 5.10 Å². The van der Waals surface area contributed by atoms with Crippen LogP contribution in [0.2, 0.25) is 0 Å². The number of carbonyl (C=O) groups is 1. The van der Waals surface area contributed by atoms with E-state index in [4.69, 9.17) is 0 Å². The average Bonchev–Trinajstić information content (AvgIpc) is 3.04. The fraction of sp³-hybridized carbons (Fsp3) is 0.261. The number of hydrogen-bond donors (Lipinski definition) is 3. The molecule has 1 saturated heterocycles. The molecule has 1 fully saturated rings. The Hall–Kier alpha value is -3.75. The van der Waals surface area contributed by atoms with E-state index in [0.29, 0.717) is 46.5 Å². The van der Waals surface area contributed by atoms with Crippen LogP contribution in [0, 0.1) is 0 Å². The van der Waals surface area contributed by atoms with Crippen molar-refractivity contribution in [3.8, 4) is 5.88 Å². The Kier molecular flexibility index (Phi) is 4.88. The number of anilines is 2. The van der Waals surface area contributed by atoms with Gasteiger partial charge in [-0.2, -0.15) is 0 Å². The number of aromatic amines is 1. The summed E-state index contributed by atoms with van der Waals surface area (Å²) >= 11 is 0. The van der Waals surface area contributed by atoms with E-state index in [1.54, 1.807) is 29.2 Å². The number of nitrogens with one attached hydrogen (secondary N) is 2. The van der Waals surface area contributed by atoms with E-state index in [2.05, 4.69) is 20.5 Å². The molecule has 0 aliphatic carbocycles. The molecule has 5 rings (SSSR count). The molecule has 0 spiro atoms. The summed E-state index contributed by atoms with van der Waals surface area (Å²) in [7, 11) is 0. The number of para-hydroxylation sites is 1. The summed E-state index contributed by atoms with van der Waals surface area (Å²) < 4.78 is 27.9. The number of rotatable bonds is 3. The predicted molar refractivity (Wildman–Crippen MR) is 118 cm³/mol. The van der Waals surface area contributed by atoms with Crippen molar-refractivity contribution in [3.05, 3.63) is 54.1 Å². The number of alkyl halides is 2. The van der Waals surface area contributed by atoms with Crippen molar-refractivity contribution in [1.29, 1.82) is 0 Å². The summed E-state index contributed by atoms with van der Waals surface area (Å²) in [6, 6.07) is 14.1. The second-order valence-electron chi connectivity index (χ2n) is 8.01. The third-order valence-electron chi connectivity index (χ3n) is 5.77. The summed E-state index contributed by atoms with van der Waals surface area (Å²) in [5.74, 6) is -2.88. The lowest BCUT2D eigenvalue weighted by atomic mass is 10.1. The van der Waals surface area contributed by atoms with E-state index in [1.165, 1.54) is 0 Å². The molecule has 0 saturated carbocycles. The third-order valence-corrected chi connectivity index (χ3v) is 5.77. The van der Waals surface area contributed by atoms with Gasteiger partial charge in [0.1, 0.15) is 5.82 Å². The molecule has 3 N–H and O–H groups in total. The van der Waals surface area contributed by atoms with Crippen molar-refractivity contribution in [1.82, 2.24) is 15.2 Å². The SMILES string of the molecule is O=C(Nc1ccc2[nH]nc(O)c2c1)c1cc2ccccc2nc1N1CCCC(F)(F)CC1. The molecular weight excluding hydrogens is 416 g/mol. The van der Waals surface area contributed by atoms with Gasteiger partial charge in [-0.05, 0) is 36.8 Å². The molecule has 7 nitrogen and oxygen atoms in total. The summed E-state index contributed by atoms with van der Waals surface area (Å²) in [4.78, 5) is 19.7. The predicted octanol–water partition coefficient (Wildman–Crippen LogP) is 4.69. The van der Waals surface area contributed by atoms with Gasteiger partial charge in [-0.3, -0.25) is 9.89 Å². The number of halogens is 2. The van der Waals surface area contributed by atoms with Crippen molar-refractivity contribution >= 4 is 39.2 Å². The molecular formula is C23H21F2N5O2. The maximum absolute atomic E-state index is 13.9. The molecule has 164 valence electrons. The van der Waals surface area contributed by atoms with Crippen molar-refractivity contribution in [2.24, 2.45) is 0 Å². The Morgan fingerprint density at radius 1 is 1.12 bits per heavy atom. The maximum atomic E-state index is 13.9. The number of aromatic hydroxyl groups is 1. The van der Waals surface area contributed by atoms with Crippen molar-refractivity contribution in [2.45, 2.75) is 25.2 Å². The lowest BCUT2D eigenvalue weighted by molar-refractivity contribution is -0.0102. The Labute approximate surface area is 182 Å². The Bertz CT molecular complexity index is 1320. The van der Waals surface area contributed by atoms with Crippen molar-refractivity contribution in [2.75, 3.05) is 23.3 Å². The molecule has 1 aliphatic rings. The lowest BCUT2D eigenvalue weighted by Gasteiger charge is -2.24. The minimum absolute atomic E-state index is 0.119. The number of H-pyrrole nitrogens is 1. The minimum atomic E-state index is -2.71. The molecule has 0 bridgehead atoms. The zero-order valence-corrected chi connectivity index (χ0v) is 17.1. The molecule has 2 aromatic carbocycles. The largest absolute Gasteiger partial charge is 0.492 e. The quantitative estimate of drug-likeness (QED) is 0.432. The second-order valence-corrected chi connectivity index (χ2v) is 8.01. The monoisotopic (exact) mass is 437 g/mol. The fourth-order valence-electron chi connectivity index (χ4n) is 4.07. The molecule has 32 heavy (non-hydrogen) atoms. The first-order chi connectivity index (χ1) is 15.4. The number of hydrogen-bond acceptors (Lipinski definition) is 5. The second kappa shape index (κ2) is 7.74.